The Kier molecular flexibility index (Phi) is 5.78. The van der Waals surface area contributed by atoms with Gasteiger partial charge in [0, 0.05) is 5.41 Å². The molecule has 0 atom stereocenters. The lowest BCUT2D eigenvalue weighted by Crippen LogP contribution is -2.15. The maximum Gasteiger partial charge on any atom is 0.135 e. The van der Waals surface area contributed by atoms with Gasteiger partial charge in [-0.05, 0) is 6.92 Å². The molecule has 9 heavy (non-hydrogen) atoms. The Morgan fingerprint density at radius 1 is 1.11 bits per heavy atom. The van der Waals surface area contributed by atoms with E-state index in [4.69, 9.17) is 0 Å². The second kappa shape index (κ2) is 4.54. The van der Waals surface area contributed by atoms with Crippen LogP contribution >= 0.6 is 0 Å². The summed E-state index contributed by atoms with van der Waals surface area (Å²) in [5.74, 6) is 0.243. The van der Waals surface area contributed by atoms with Crippen LogP contribution in [0.5, 0.6) is 0 Å². The molecule has 0 aliphatic heterocycles. The molecule has 0 aromatic rings. The van der Waals surface area contributed by atoms with Crippen LogP contribution in [-0.2, 0) is 4.79 Å². The van der Waals surface area contributed by atoms with Gasteiger partial charge in [0.1, 0.15) is 5.78 Å². The van der Waals surface area contributed by atoms with Crippen molar-refractivity contribution in [2.24, 2.45) is 5.41 Å². The Labute approximate surface area is 58.5 Å². The molecule has 0 aliphatic rings. The minimum absolute atomic E-state index is 0.139. The summed E-state index contributed by atoms with van der Waals surface area (Å²) < 4.78 is 0. The highest BCUT2D eigenvalue weighted by Gasteiger charge is 2.14. The minimum Gasteiger partial charge on any atom is -0.299 e. The van der Waals surface area contributed by atoms with E-state index in [1.807, 2.05) is 34.6 Å². The van der Waals surface area contributed by atoms with Crippen LogP contribution < -0.4 is 0 Å². The van der Waals surface area contributed by atoms with Crippen LogP contribution in [0, 0.1) is 5.41 Å². The average Bonchev–Trinajstić information content (AvgIpc) is 1.69. The van der Waals surface area contributed by atoms with Crippen molar-refractivity contribution in [2.75, 3.05) is 0 Å². The highest BCUT2D eigenvalue weighted by Crippen LogP contribution is 2.12. The molecular formula is C8H18O. The molecule has 0 saturated carbocycles. The topological polar surface area (TPSA) is 17.1 Å². The summed E-state index contributed by atoms with van der Waals surface area (Å²) in [5, 5.41) is 0. The fourth-order valence-electron chi connectivity index (χ4n) is 0. The van der Waals surface area contributed by atoms with E-state index < -0.39 is 0 Å². The van der Waals surface area contributed by atoms with Crippen molar-refractivity contribution in [1.82, 2.24) is 0 Å². The molecule has 0 bridgehead atoms. The highest BCUT2D eigenvalue weighted by molar-refractivity contribution is 5.80. The summed E-state index contributed by atoms with van der Waals surface area (Å²) >= 11 is 0. The van der Waals surface area contributed by atoms with Gasteiger partial charge in [-0.3, -0.25) is 4.79 Å². The third-order valence-corrected chi connectivity index (χ3v) is 1.06. The van der Waals surface area contributed by atoms with Gasteiger partial charge < -0.3 is 0 Å². The normalized spacial score (nSPS) is 9.56. The molecule has 0 fully saturated rings. The number of hydrogen-bond acceptors (Lipinski definition) is 1. The van der Waals surface area contributed by atoms with E-state index in [1.165, 1.54) is 0 Å². The smallest absolute Gasteiger partial charge is 0.135 e. The lowest BCUT2D eigenvalue weighted by atomic mass is 9.92. The van der Waals surface area contributed by atoms with E-state index in [2.05, 4.69) is 0 Å². The van der Waals surface area contributed by atoms with Crippen LogP contribution in [0.2, 0.25) is 0 Å². The Hall–Kier alpha value is -0.330. The fourth-order valence-corrected chi connectivity index (χ4v) is 0. The van der Waals surface area contributed by atoms with Crippen molar-refractivity contribution < 1.29 is 4.79 Å². The fraction of sp³-hybridized carbons (Fsp3) is 0.875. The summed E-state index contributed by atoms with van der Waals surface area (Å²) in [7, 11) is 0. The van der Waals surface area contributed by atoms with Gasteiger partial charge in [-0.15, -0.1) is 0 Å². The van der Waals surface area contributed by atoms with E-state index >= 15 is 0 Å². The van der Waals surface area contributed by atoms with E-state index in [9.17, 15) is 4.79 Å². The molecule has 0 aliphatic carbocycles. The van der Waals surface area contributed by atoms with Crippen molar-refractivity contribution in [3.05, 3.63) is 0 Å². The maximum absolute atomic E-state index is 10.5. The number of carbonyl (C=O) groups is 1. The molecule has 0 aromatic carbocycles. The zero-order chi connectivity index (χ0) is 8.08. The van der Waals surface area contributed by atoms with Crippen molar-refractivity contribution in [1.29, 1.82) is 0 Å². The van der Waals surface area contributed by atoms with Crippen LogP contribution in [0.4, 0.5) is 0 Å². The first-order valence-electron chi connectivity index (χ1n) is 3.45. The zero-order valence-corrected chi connectivity index (χ0v) is 7.41. The Bertz CT molecular complexity index is 77.1. The van der Waals surface area contributed by atoms with Crippen molar-refractivity contribution >= 4 is 5.78 Å². The maximum atomic E-state index is 10.5. The molecule has 0 heterocycles. The van der Waals surface area contributed by atoms with Gasteiger partial charge >= 0.3 is 0 Å². The first-order valence-corrected chi connectivity index (χ1v) is 3.45. The van der Waals surface area contributed by atoms with Crippen LogP contribution in [0.1, 0.15) is 41.5 Å². The third-order valence-electron chi connectivity index (χ3n) is 1.06. The van der Waals surface area contributed by atoms with E-state index in [-0.39, 0.29) is 11.2 Å². The number of hydrogen-bond donors (Lipinski definition) is 0. The standard InChI is InChI=1S/C6H12O.C2H6/c1-5(7)6(2,3)4;1-2/h1-4H3;1-2H3. The van der Waals surface area contributed by atoms with Crippen LogP contribution in [0.15, 0.2) is 0 Å². The molecular weight excluding hydrogens is 112 g/mol. The summed E-state index contributed by atoms with van der Waals surface area (Å²) in [4.78, 5) is 10.5. The van der Waals surface area contributed by atoms with E-state index in [0.29, 0.717) is 0 Å². The van der Waals surface area contributed by atoms with Gasteiger partial charge in [0.2, 0.25) is 0 Å². The number of carbonyl (C=O) groups excluding carboxylic acids is 1. The summed E-state index contributed by atoms with van der Waals surface area (Å²) in [6.07, 6.45) is 0. The second-order valence-corrected chi connectivity index (χ2v) is 2.81. The second-order valence-electron chi connectivity index (χ2n) is 2.81. The molecule has 0 N–H and O–H groups in total. The van der Waals surface area contributed by atoms with Crippen molar-refractivity contribution in [3.63, 3.8) is 0 Å². The van der Waals surface area contributed by atoms with Gasteiger partial charge in [-0.1, -0.05) is 34.6 Å². The van der Waals surface area contributed by atoms with Crippen LogP contribution in [0.25, 0.3) is 0 Å². The Balaban J connectivity index is 0. The first-order chi connectivity index (χ1) is 3.94. The SMILES string of the molecule is CC.CC(=O)C(C)(C)C. The molecule has 1 heteroatoms. The molecule has 0 amide bonds. The number of rotatable bonds is 0. The predicted molar refractivity (Wildman–Crippen MR) is 41.5 cm³/mol. The first kappa shape index (κ1) is 11.5. The van der Waals surface area contributed by atoms with Crippen molar-refractivity contribution in [3.8, 4) is 0 Å². The van der Waals surface area contributed by atoms with Crippen molar-refractivity contribution in [2.45, 2.75) is 41.5 Å². The molecule has 0 unspecified atom stereocenters. The molecule has 0 spiro atoms. The summed E-state index contributed by atoms with van der Waals surface area (Å²) in [6.45, 7) is 11.3. The number of ketones is 1. The summed E-state index contributed by atoms with van der Waals surface area (Å²) in [6, 6.07) is 0. The quantitative estimate of drug-likeness (QED) is 0.492. The lowest BCUT2D eigenvalue weighted by molar-refractivity contribution is -0.124. The average molecular weight is 130 g/mol. The molecule has 0 saturated heterocycles. The molecule has 1 nitrogen and oxygen atoms in total. The number of Topliss-reactive ketones (excluding diaryl/α,β-unsaturated/α-hetero) is 1. The summed E-state index contributed by atoms with van der Waals surface area (Å²) in [5.41, 5.74) is -0.139. The van der Waals surface area contributed by atoms with Crippen LogP contribution in [-0.4, -0.2) is 5.78 Å². The van der Waals surface area contributed by atoms with Gasteiger partial charge in [0.15, 0.2) is 0 Å². The highest BCUT2D eigenvalue weighted by atomic mass is 16.1. The van der Waals surface area contributed by atoms with E-state index in [0.717, 1.165) is 0 Å². The molecule has 0 rings (SSSR count). The minimum atomic E-state index is -0.139. The monoisotopic (exact) mass is 130 g/mol. The molecule has 0 radical (unpaired) electrons. The lowest BCUT2D eigenvalue weighted by Gasteiger charge is -2.11. The molecule has 56 valence electrons. The molecule has 0 aromatic heterocycles. The van der Waals surface area contributed by atoms with Gasteiger partial charge in [0.05, 0.1) is 0 Å². The Morgan fingerprint density at radius 3 is 1.22 bits per heavy atom. The predicted octanol–water partition coefficient (Wildman–Crippen LogP) is 2.65. The largest absolute Gasteiger partial charge is 0.299 e. The van der Waals surface area contributed by atoms with Gasteiger partial charge in [0.25, 0.3) is 0 Å². The van der Waals surface area contributed by atoms with Gasteiger partial charge in [-0.2, -0.15) is 0 Å². The zero-order valence-electron chi connectivity index (χ0n) is 7.41. The third kappa shape index (κ3) is 7.67. The van der Waals surface area contributed by atoms with Crippen LogP contribution in [0.3, 0.4) is 0 Å². The van der Waals surface area contributed by atoms with E-state index in [1.54, 1.807) is 6.92 Å². The Morgan fingerprint density at radius 2 is 1.22 bits per heavy atom. The van der Waals surface area contributed by atoms with Gasteiger partial charge in [-0.25, -0.2) is 0 Å².